The number of anilines is 1. The maximum absolute atomic E-state index is 12.9. The van der Waals surface area contributed by atoms with Gasteiger partial charge in [-0.25, -0.2) is 9.18 Å². The summed E-state index contributed by atoms with van der Waals surface area (Å²) in [5, 5.41) is 2.89. The summed E-state index contributed by atoms with van der Waals surface area (Å²) in [7, 11) is 0. The first-order valence-corrected chi connectivity index (χ1v) is 6.74. The van der Waals surface area contributed by atoms with E-state index in [1.807, 2.05) is 6.92 Å². The van der Waals surface area contributed by atoms with E-state index in [0.717, 1.165) is 12.8 Å². The van der Waals surface area contributed by atoms with E-state index in [4.69, 9.17) is 21.1 Å². The molecule has 1 heterocycles. The largest absolute Gasteiger partial charge is 0.425 e. The van der Waals surface area contributed by atoms with Gasteiger partial charge < -0.3 is 14.8 Å². The van der Waals surface area contributed by atoms with E-state index >= 15 is 0 Å². The first-order valence-electron chi connectivity index (χ1n) is 6.36. The zero-order valence-electron chi connectivity index (χ0n) is 11.0. The number of halogens is 2. The van der Waals surface area contributed by atoms with Crippen molar-refractivity contribution >= 4 is 23.3 Å². The van der Waals surface area contributed by atoms with Crippen LogP contribution in [-0.4, -0.2) is 18.9 Å². The van der Waals surface area contributed by atoms with Gasteiger partial charge in [-0.3, -0.25) is 0 Å². The summed E-state index contributed by atoms with van der Waals surface area (Å²) in [5.41, 5.74) is 0.946. The lowest BCUT2D eigenvalue weighted by Gasteiger charge is -2.16. The molecule has 0 saturated carbocycles. The summed E-state index contributed by atoms with van der Waals surface area (Å²) >= 11 is 5.91. The molecule has 0 amide bonds. The Kier molecular flexibility index (Phi) is 4.98. The normalized spacial score (nSPS) is 18.4. The van der Waals surface area contributed by atoms with Crippen molar-refractivity contribution in [2.45, 2.75) is 26.1 Å². The first-order chi connectivity index (χ1) is 9.61. The molecule has 0 fully saturated rings. The third-order valence-electron chi connectivity index (χ3n) is 2.76. The molecule has 0 radical (unpaired) electrons. The summed E-state index contributed by atoms with van der Waals surface area (Å²) in [5.74, 6) is -0.970. The number of benzene rings is 1. The van der Waals surface area contributed by atoms with Gasteiger partial charge in [0.2, 0.25) is 6.29 Å². The van der Waals surface area contributed by atoms with E-state index in [-0.39, 0.29) is 10.8 Å². The van der Waals surface area contributed by atoms with Crippen molar-refractivity contribution in [3.63, 3.8) is 0 Å². The Morgan fingerprint density at radius 2 is 2.10 bits per heavy atom. The first kappa shape index (κ1) is 14.8. The van der Waals surface area contributed by atoms with Gasteiger partial charge in [0.05, 0.1) is 6.61 Å². The SMILES string of the molecule is CCCCOC1OC(=O)C(Cl)=C1Nc1ccc(F)cc1. The zero-order valence-corrected chi connectivity index (χ0v) is 11.7. The highest BCUT2D eigenvalue weighted by Crippen LogP contribution is 2.28. The minimum Gasteiger partial charge on any atom is -0.425 e. The van der Waals surface area contributed by atoms with Crippen molar-refractivity contribution in [2.75, 3.05) is 11.9 Å². The molecule has 0 aliphatic carbocycles. The van der Waals surface area contributed by atoms with E-state index in [1.54, 1.807) is 12.1 Å². The van der Waals surface area contributed by atoms with Gasteiger partial charge in [0.15, 0.2) is 5.03 Å². The van der Waals surface area contributed by atoms with Crippen molar-refractivity contribution in [1.29, 1.82) is 0 Å². The molecule has 1 aromatic carbocycles. The summed E-state index contributed by atoms with van der Waals surface area (Å²) in [6.45, 7) is 2.50. The third kappa shape index (κ3) is 3.49. The van der Waals surface area contributed by atoms with Crippen LogP contribution in [0.3, 0.4) is 0 Å². The van der Waals surface area contributed by atoms with Crippen molar-refractivity contribution in [2.24, 2.45) is 0 Å². The standard InChI is InChI=1S/C14H15ClFNO3/c1-2-3-8-19-14-12(11(15)13(18)20-14)17-10-6-4-9(16)5-7-10/h4-7,14,17H,2-3,8H2,1H3. The molecular formula is C14H15ClFNO3. The number of hydrogen-bond donors (Lipinski definition) is 1. The molecule has 1 unspecified atom stereocenters. The van der Waals surface area contributed by atoms with Crippen LogP contribution in [0.2, 0.25) is 0 Å². The molecule has 20 heavy (non-hydrogen) atoms. The summed E-state index contributed by atoms with van der Waals surface area (Å²) in [4.78, 5) is 11.5. The van der Waals surface area contributed by atoms with E-state index in [0.29, 0.717) is 18.0 Å². The molecule has 4 nitrogen and oxygen atoms in total. The molecule has 0 bridgehead atoms. The van der Waals surface area contributed by atoms with Gasteiger partial charge in [-0.15, -0.1) is 0 Å². The third-order valence-corrected chi connectivity index (χ3v) is 3.11. The number of cyclic esters (lactones) is 1. The molecule has 0 saturated heterocycles. The average Bonchev–Trinajstić information content (AvgIpc) is 2.69. The second-order valence-corrected chi connectivity index (χ2v) is 4.70. The Morgan fingerprint density at radius 3 is 2.75 bits per heavy atom. The molecule has 1 aliphatic rings. The fourth-order valence-electron chi connectivity index (χ4n) is 1.68. The average molecular weight is 300 g/mol. The highest BCUT2D eigenvalue weighted by molar-refractivity contribution is 6.42. The minimum absolute atomic E-state index is 0.0455. The number of nitrogens with one attached hydrogen (secondary N) is 1. The Hall–Kier alpha value is -1.59. The molecular weight excluding hydrogens is 285 g/mol. The van der Waals surface area contributed by atoms with E-state index in [1.165, 1.54) is 12.1 Å². The topological polar surface area (TPSA) is 47.6 Å². The number of esters is 1. The number of hydrogen-bond acceptors (Lipinski definition) is 4. The quantitative estimate of drug-likeness (QED) is 0.646. The number of unbranched alkanes of at least 4 members (excludes halogenated alkanes) is 1. The number of carbonyl (C=O) groups is 1. The van der Waals surface area contributed by atoms with Gasteiger partial charge in [-0.2, -0.15) is 0 Å². The van der Waals surface area contributed by atoms with Crippen molar-refractivity contribution in [3.05, 3.63) is 40.8 Å². The highest BCUT2D eigenvalue weighted by Gasteiger charge is 2.34. The van der Waals surface area contributed by atoms with Crippen LogP contribution in [0.4, 0.5) is 10.1 Å². The molecule has 1 aliphatic heterocycles. The van der Waals surface area contributed by atoms with Crippen LogP contribution in [0.15, 0.2) is 35.0 Å². The fraction of sp³-hybridized carbons (Fsp3) is 0.357. The minimum atomic E-state index is -0.841. The van der Waals surface area contributed by atoms with Crippen LogP contribution in [0.5, 0.6) is 0 Å². The monoisotopic (exact) mass is 299 g/mol. The lowest BCUT2D eigenvalue weighted by Crippen LogP contribution is -2.21. The molecule has 1 N–H and O–H groups in total. The fourth-order valence-corrected chi connectivity index (χ4v) is 1.86. The van der Waals surface area contributed by atoms with Crippen LogP contribution < -0.4 is 5.32 Å². The highest BCUT2D eigenvalue weighted by atomic mass is 35.5. The summed E-state index contributed by atoms with van der Waals surface area (Å²) in [6.07, 6.45) is 0.987. The summed E-state index contributed by atoms with van der Waals surface area (Å²) in [6, 6.07) is 5.69. The molecule has 108 valence electrons. The van der Waals surface area contributed by atoms with E-state index in [2.05, 4.69) is 5.32 Å². The predicted molar refractivity (Wildman–Crippen MR) is 73.6 cm³/mol. The number of carbonyl (C=O) groups excluding carboxylic acids is 1. The van der Waals surface area contributed by atoms with Crippen LogP contribution >= 0.6 is 11.6 Å². The molecule has 2 rings (SSSR count). The number of rotatable bonds is 6. The van der Waals surface area contributed by atoms with E-state index < -0.39 is 12.3 Å². The Bertz CT molecular complexity index is 516. The number of ether oxygens (including phenoxy) is 2. The predicted octanol–water partition coefficient (Wildman–Crippen LogP) is 3.39. The van der Waals surface area contributed by atoms with Crippen molar-refractivity contribution in [3.8, 4) is 0 Å². The van der Waals surface area contributed by atoms with E-state index in [9.17, 15) is 9.18 Å². The Labute approximate surface area is 121 Å². The lowest BCUT2D eigenvalue weighted by molar-refractivity contribution is -0.159. The maximum atomic E-state index is 12.9. The van der Waals surface area contributed by atoms with Gasteiger partial charge in [-0.1, -0.05) is 24.9 Å². The van der Waals surface area contributed by atoms with Gasteiger partial charge in [0.1, 0.15) is 11.5 Å². The zero-order chi connectivity index (χ0) is 14.5. The van der Waals surface area contributed by atoms with Gasteiger partial charge in [-0.05, 0) is 30.7 Å². The van der Waals surface area contributed by atoms with Crippen molar-refractivity contribution < 1.29 is 18.7 Å². The molecule has 0 spiro atoms. The molecule has 1 aromatic rings. The second kappa shape index (κ2) is 6.72. The van der Waals surface area contributed by atoms with Crippen LogP contribution in [0.25, 0.3) is 0 Å². The lowest BCUT2D eigenvalue weighted by atomic mass is 10.3. The Balaban J connectivity index is 2.08. The molecule has 6 heteroatoms. The smallest absolute Gasteiger partial charge is 0.354 e. The van der Waals surface area contributed by atoms with Crippen LogP contribution in [0, 0.1) is 5.82 Å². The summed E-state index contributed by atoms with van der Waals surface area (Å²) < 4.78 is 23.3. The van der Waals surface area contributed by atoms with Gasteiger partial charge in [0, 0.05) is 5.69 Å². The molecule has 1 atom stereocenters. The van der Waals surface area contributed by atoms with Crippen molar-refractivity contribution in [1.82, 2.24) is 0 Å². The second-order valence-electron chi connectivity index (χ2n) is 4.32. The molecule has 0 aromatic heterocycles. The van der Waals surface area contributed by atoms with Gasteiger partial charge in [0.25, 0.3) is 0 Å². The maximum Gasteiger partial charge on any atom is 0.354 e. The van der Waals surface area contributed by atoms with Crippen LogP contribution in [0.1, 0.15) is 19.8 Å². The van der Waals surface area contributed by atoms with Gasteiger partial charge >= 0.3 is 5.97 Å². The Morgan fingerprint density at radius 1 is 1.40 bits per heavy atom. The van der Waals surface area contributed by atoms with Crippen LogP contribution in [-0.2, 0) is 14.3 Å².